The largest absolute Gasteiger partial charge is 0.309 e. The molecule has 0 aliphatic heterocycles. The zero-order valence-corrected chi connectivity index (χ0v) is 12.7. The lowest BCUT2D eigenvalue weighted by molar-refractivity contribution is 0.242. The van der Waals surface area contributed by atoms with Crippen molar-refractivity contribution >= 4 is 0 Å². The van der Waals surface area contributed by atoms with Gasteiger partial charge in [0.05, 0.1) is 0 Å². The molecule has 1 fully saturated rings. The van der Waals surface area contributed by atoms with E-state index in [-0.39, 0.29) is 11.9 Å². The Morgan fingerprint density at radius 1 is 1.35 bits per heavy atom. The van der Waals surface area contributed by atoms with Gasteiger partial charge in [-0.1, -0.05) is 31.9 Å². The zero-order valence-electron chi connectivity index (χ0n) is 12.7. The first-order valence-electron chi connectivity index (χ1n) is 7.89. The average molecular weight is 278 g/mol. The van der Waals surface area contributed by atoms with Crippen molar-refractivity contribution in [3.8, 4) is 0 Å². The highest BCUT2D eigenvalue weighted by Gasteiger charge is 2.19. The minimum Gasteiger partial charge on any atom is -0.309 e. The number of likely N-dealkylation sites (N-methyl/N-ethyl adjacent to an activating group) is 1. The number of hydrogen-bond acceptors (Lipinski definition) is 2. The summed E-state index contributed by atoms with van der Waals surface area (Å²) >= 11 is 0. The van der Waals surface area contributed by atoms with Crippen LogP contribution >= 0.6 is 0 Å². The van der Waals surface area contributed by atoms with E-state index in [2.05, 4.69) is 24.2 Å². The van der Waals surface area contributed by atoms with Gasteiger partial charge in [-0.15, -0.1) is 0 Å². The molecule has 2 rings (SSSR count). The average Bonchev–Trinajstić information content (AvgIpc) is 2.97. The smallest absolute Gasteiger partial charge is 0.123 e. The van der Waals surface area contributed by atoms with Gasteiger partial charge in [0, 0.05) is 25.2 Å². The molecule has 0 heterocycles. The fourth-order valence-corrected chi connectivity index (χ4v) is 3.16. The van der Waals surface area contributed by atoms with E-state index < -0.39 is 0 Å². The van der Waals surface area contributed by atoms with Gasteiger partial charge in [0.1, 0.15) is 5.82 Å². The monoisotopic (exact) mass is 278 g/mol. The molecule has 0 radical (unpaired) electrons. The SMILES string of the molecule is CCC(NCCN(C)C1CCCC1)c1cccc(F)c1. The number of hydrogen-bond donors (Lipinski definition) is 1. The number of halogens is 1. The van der Waals surface area contributed by atoms with Crippen LogP contribution in [0.25, 0.3) is 0 Å². The molecule has 0 aromatic heterocycles. The summed E-state index contributed by atoms with van der Waals surface area (Å²) in [5.41, 5.74) is 1.05. The minimum atomic E-state index is -0.147. The maximum atomic E-state index is 13.3. The van der Waals surface area contributed by atoms with Crippen molar-refractivity contribution in [1.29, 1.82) is 0 Å². The van der Waals surface area contributed by atoms with E-state index in [1.165, 1.54) is 31.7 Å². The van der Waals surface area contributed by atoms with Crippen molar-refractivity contribution in [3.05, 3.63) is 35.6 Å². The third kappa shape index (κ3) is 4.29. The van der Waals surface area contributed by atoms with Gasteiger partial charge in [-0.05, 0) is 44.0 Å². The highest BCUT2D eigenvalue weighted by Crippen LogP contribution is 2.22. The lowest BCUT2D eigenvalue weighted by atomic mass is 10.0. The first-order chi connectivity index (χ1) is 9.70. The molecule has 1 aromatic rings. The van der Waals surface area contributed by atoms with Crippen molar-refractivity contribution in [2.45, 2.75) is 51.1 Å². The summed E-state index contributed by atoms with van der Waals surface area (Å²) in [6.45, 7) is 4.17. The fraction of sp³-hybridized carbons (Fsp3) is 0.647. The van der Waals surface area contributed by atoms with Crippen LogP contribution in [0, 0.1) is 5.82 Å². The van der Waals surface area contributed by atoms with E-state index in [0.29, 0.717) is 0 Å². The highest BCUT2D eigenvalue weighted by atomic mass is 19.1. The minimum absolute atomic E-state index is 0.147. The quantitative estimate of drug-likeness (QED) is 0.817. The summed E-state index contributed by atoms with van der Waals surface area (Å²) in [4.78, 5) is 2.47. The van der Waals surface area contributed by atoms with Gasteiger partial charge >= 0.3 is 0 Å². The Morgan fingerprint density at radius 3 is 2.75 bits per heavy atom. The van der Waals surface area contributed by atoms with Crippen LogP contribution in [0.15, 0.2) is 24.3 Å². The van der Waals surface area contributed by atoms with Gasteiger partial charge in [-0.25, -0.2) is 4.39 Å². The van der Waals surface area contributed by atoms with Crippen LogP contribution in [0.3, 0.4) is 0 Å². The van der Waals surface area contributed by atoms with Gasteiger partial charge < -0.3 is 10.2 Å². The second-order valence-electron chi connectivity index (χ2n) is 5.89. The van der Waals surface area contributed by atoms with E-state index in [1.54, 1.807) is 12.1 Å². The van der Waals surface area contributed by atoms with Crippen LogP contribution in [0.1, 0.15) is 50.6 Å². The predicted octanol–water partition coefficient (Wildman–Crippen LogP) is 3.74. The molecule has 1 aromatic carbocycles. The van der Waals surface area contributed by atoms with Gasteiger partial charge in [0.25, 0.3) is 0 Å². The topological polar surface area (TPSA) is 15.3 Å². The van der Waals surface area contributed by atoms with E-state index in [4.69, 9.17) is 0 Å². The van der Waals surface area contributed by atoms with Gasteiger partial charge in [-0.3, -0.25) is 0 Å². The molecule has 0 spiro atoms. The Bertz CT molecular complexity index is 402. The van der Waals surface area contributed by atoms with Gasteiger partial charge in [0.2, 0.25) is 0 Å². The zero-order chi connectivity index (χ0) is 14.4. The third-order valence-electron chi connectivity index (χ3n) is 4.46. The standard InChI is InChI=1S/C17H27FN2/c1-3-17(14-7-6-8-15(18)13-14)19-11-12-20(2)16-9-4-5-10-16/h6-8,13,16-17,19H,3-5,9-12H2,1-2H3. The first kappa shape index (κ1) is 15.5. The molecule has 1 N–H and O–H groups in total. The second-order valence-corrected chi connectivity index (χ2v) is 5.89. The summed E-state index contributed by atoms with van der Waals surface area (Å²) in [6.07, 6.45) is 6.43. The highest BCUT2D eigenvalue weighted by molar-refractivity contribution is 5.20. The van der Waals surface area contributed by atoms with Crippen LogP contribution < -0.4 is 5.32 Å². The summed E-state index contributed by atoms with van der Waals surface area (Å²) in [5, 5.41) is 3.56. The Balaban J connectivity index is 1.79. The normalized spacial score (nSPS) is 17.8. The Labute approximate surface area is 122 Å². The van der Waals surface area contributed by atoms with Crippen molar-refractivity contribution in [3.63, 3.8) is 0 Å². The van der Waals surface area contributed by atoms with Gasteiger partial charge in [-0.2, -0.15) is 0 Å². The molecule has 1 saturated carbocycles. The predicted molar refractivity (Wildman–Crippen MR) is 82.3 cm³/mol. The Kier molecular flexibility index (Phi) is 5.99. The molecule has 1 atom stereocenters. The van der Waals surface area contributed by atoms with Gasteiger partial charge in [0.15, 0.2) is 0 Å². The molecule has 1 aliphatic carbocycles. The molecule has 0 saturated heterocycles. The Morgan fingerprint density at radius 2 is 2.10 bits per heavy atom. The molecule has 20 heavy (non-hydrogen) atoms. The summed E-state index contributed by atoms with van der Waals surface area (Å²) in [6, 6.07) is 7.96. The third-order valence-corrected chi connectivity index (χ3v) is 4.46. The summed E-state index contributed by atoms with van der Waals surface area (Å²) < 4.78 is 13.3. The molecule has 1 aliphatic rings. The maximum absolute atomic E-state index is 13.3. The number of nitrogens with one attached hydrogen (secondary N) is 1. The molecule has 112 valence electrons. The molecular weight excluding hydrogens is 251 g/mol. The Hall–Kier alpha value is -0.930. The van der Waals surface area contributed by atoms with Crippen molar-refractivity contribution < 1.29 is 4.39 Å². The van der Waals surface area contributed by atoms with E-state index >= 15 is 0 Å². The van der Waals surface area contributed by atoms with Crippen molar-refractivity contribution in [2.75, 3.05) is 20.1 Å². The van der Waals surface area contributed by atoms with E-state index in [0.717, 1.165) is 31.1 Å². The van der Waals surface area contributed by atoms with Crippen LogP contribution in [0.5, 0.6) is 0 Å². The van der Waals surface area contributed by atoms with Crippen molar-refractivity contribution in [1.82, 2.24) is 10.2 Å². The second kappa shape index (κ2) is 7.75. The van der Waals surface area contributed by atoms with Crippen LogP contribution in [0.4, 0.5) is 4.39 Å². The lowest BCUT2D eigenvalue weighted by Gasteiger charge is -2.25. The van der Waals surface area contributed by atoms with E-state index in [1.807, 2.05) is 6.07 Å². The summed E-state index contributed by atoms with van der Waals surface area (Å²) in [5.74, 6) is -0.147. The van der Waals surface area contributed by atoms with Crippen molar-refractivity contribution in [2.24, 2.45) is 0 Å². The van der Waals surface area contributed by atoms with E-state index in [9.17, 15) is 4.39 Å². The maximum Gasteiger partial charge on any atom is 0.123 e. The lowest BCUT2D eigenvalue weighted by Crippen LogP contribution is -2.36. The molecule has 2 nitrogen and oxygen atoms in total. The van der Waals surface area contributed by atoms with Crippen LogP contribution in [0.2, 0.25) is 0 Å². The fourth-order valence-electron chi connectivity index (χ4n) is 3.16. The first-order valence-corrected chi connectivity index (χ1v) is 7.89. The number of benzene rings is 1. The molecular formula is C17H27FN2. The molecule has 0 amide bonds. The number of nitrogens with zero attached hydrogens (tertiary/aromatic N) is 1. The molecule has 0 bridgehead atoms. The number of rotatable bonds is 7. The van der Waals surface area contributed by atoms with Crippen LogP contribution in [-0.4, -0.2) is 31.1 Å². The molecule has 3 heteroatoms. The van der Waals surface area contributed by atoms with Crippen LogP contribution in [-0.2, 0) is 0 Å². The molecule has 1 unspecified atom stereocenters. The summed E-state index contributed by atoms with van der Waals surface area (Å²) in [7, 11) is 2.22.